The predicted octanol–water partition coefficient (Wildman–Crippen LogP) is 2.58. The average molecular weight is 182 g/mol. The van der Waals surface area contributed by atoms with Gasteiger partial charge < -0.3 is 0 Å². The van der Waals surface area contributed by atoms with Gasteiger partial charge in [-0.15, -0.1) is 0 Å². The number of alkyl halides is 2. The zero-order valence-corrected chi connectivity index (χ0v) is 7.04. The van der Waals surface area contributed by atoms with Gasteiger partial charge in [0.25, 0.3) is 6.43 Å². The maximum absolute atomic E-state index is 12.4. The Labute approximate surface area is 73.8 Å². The number of imidazole rings is 1. The van der Waals surface area contributed by atoms with Crippen molar-refractivity contribution in [3.05, 3.63) is 35.8 Å². The third kappa shape index (κ3) is 1.28. The van der Waals surface area contributed by atoms with Gasteiger partial charge in [-0.25, -0.2) is 13.8 Å². The Morgan fingerprint density at radius 3 is 2.85 bits per heavy atom. The first kappa shape index (κ1) is 8.16. The SMILES string of the molecule is Cc1ccc2ncc(C(F)F)n2c1. The smallest absolute Gasteiger partial charge is 0.280 e. The van der Waals surface area contributed by atoms with E-state index < -0.39 is 6.43 Å². The van der Waals surface area contributed by atoms with Crippen LogP contribution in [-0.2, 0) is 0 Å². The highest BCUT2D eigenvalue weighted by atomic mass is 19.3. The van der Waals surface area contributed by atoms with Crippen LogP contribution in [0.2, 0.25) is 0 Å². The third-order valence-electron chi connectivity index (χ3n) is 1.91. The van der Waals surface area contributed by atoms with Gasteiger partial charge >= 0.3 is 0 Å². The van der Waals surface area contributed by atoms with Crippen molar-refractivity contribution in [3.8, 4) is 0 Å². The number of aryl methyl sites for hydroxylation is 1. The van der Waals surface area contributed by atoms with E-state index in [2.05, 4.69) is 4.98 Å². The van der Waals surface area contributed by atoms with Crippen LogP contribution >= 0.6 is 0 Å². The highest BCUT2D eigenvalue weighted by Crippen LogP contribution is 2.19. The molecule has 13 heavy (non-hydrogen) atoms. The second-order valence-corrected chi connectivity index (χ2v) is 2.92. The lowest BCUT2D eigenvalue weighted by molar-refractivity contribution is 0.145. The van der Waals surface area contributed by atoms with Crippen molar-refractivity contribution in [2.75, 3.05) is 0 Å². The summed E-state index contributed by atoms with van der Waals surface area (Å²) in [5.74, 6) is 0. The predicted molar refractivity (Wildman–Crippen MR) is 44.9 cm³/mol. The molecule has 0 N–H and O–H groups in total. The minimum absolute atomic E-state index is 0.0568. The molecule has 0 fully saturated rings. The molecule has 0 amide bonds. The van der Waals surface area contributed by atoms with Gasteiger partial charge in [-0.1, -0.05) is 6.07 Å². The van der Waals surface area contributed by atoms with Gasteiger partial charge in [-0.05, 0) is 18.6 Å². The Hall–Kier alpha value is -1.45. The van der Waals surface area contributed by atoms with Crippen molar-refractivity contribution < 1.29 is 8.78 Å². The molecule has 0 aliphatic carbocycles. The van der Waals surface area contributed by atoms with Crippen molar-refractivity contribution >= 4 is 5.65 Å². The first-order valence-corrected chi connectivity index (χ1v) is 3.90. The number of pyridine rings is 1. The van der Waals surface area contributed by atoms with E-state index in [1.54, 1.807) is 12.3 Å². The summed E-state index contributed by atoms with van der Waals surface area (Å²) in [6, 6.07) is 3.57. The van der Waals surface area contributed by atoms with Crippen LogP contribution in [0.1, 0.15) is 17.7 Å². The largest absolute Gasteiger partial charge is 0.298 e. The van der Waals surface area contributed by atoms with Crippen molar-refractivity contribution in [2.24, 2.45) is 0 Å². The van der Waals surface area contributed by atoms with Crippen LogP contribution in [-0.4, -0.2) is 9.38 Å². The molecule has 0 aromatic carbocycles. The summed E-state index contributed by atoms with van der Waals surface area (Å²) in [5, 5.41) is 0. The molecule has 0 aliphatic heterocycles. The molecule has 0 atom stereocenters. The summed E-state index contributed by atoms with van der Waals surface area (Å²) in [7, 11) is 0. The maximum Gasteiger partial charge on any atom is 0.280 e. The number of hydrogen-bond acceptors (Lipinski definition) is 1. The van der Waals surface area contributed by atoms with Crippen LogP contribution in [0.3, 0.4) is 0 Å². The fourth-order valence-electron chi connectivity index (χ4n) is 1.27. The normalized spacial score (nSPS) is 11.4. The molecule has 4 heteroatoms. The van der Waals surface area contributed by atoms with Gasteiger partial charge in [0.1, 0.15) is 11.3 Å². The van der Waals surface area contributed by atoms with Crippen molar-refractivity contribution in [1.29, 1.82) is 0 Å². The van der Waals surface area contributed by atoms with Gasteiger partial charge in [-0.2, -0.15) is 0 Å². The zero-order chi connectivity index (χ0) is 9.42. The first-order chi connectivity index (χ1) is 6.18. The molecule has 2 aromatic rings. The van der Waals surface area contributed by atoms with E-state index >= 15 is 0 Å². The highest BCUT2D eigenvalue weighted by Gasteiger charge is 2.12. The minimum Gasteiger partial charge on any atom is -0.298 e. The molecule has 0 spiro atoms. The summed E-state index contributed by atoms with van der Waals surface area (Å²) in [5.41, 5.74) is 1.44. The second kappa shape index (κ2) is 2.80. The highest BCUT2D eigenvalue weighted by molar-refractivity contribution is 5.41. The quantitative estimate of drug-likeness (QED) is 0.662. The van der Waals surface area contributed by atoms with E-state index in [4.69, 9.17) is 0 Å². The van der Waals surface area contributed by atoms with Crippen LogP contribution in [0.5, 0.6) is 0 Å². The summed E-state index contributed by atoms with van der Waals surface area (Å²) in [6.45, 7) is 1.86. The van der Waals surface area contributed by atoms with Crippen molar-refractivity contribution in [1.82, 2.24) is 9.38 Å². The molecule has 68 valence electrons. The zero-order valence-electron chi connectivity index (χ0n) is 7.04. The lowest BCUT2D eigenvalue weighted by Crippen LogP contribution is -1.93. The lowest BCUT2D eigenvalue weighted by atomic mass is 10.3. The molecule has 2 aromatic heterocycles. The Morgan fingerprint density at radius 1 is 1.38 bits per heavy atom. The molecule has 0 saturated carbocycles. The summed E-state index contributed by atoms with van der Waals surface area (Å²) < 4.78 is 26.2. The third-order valence-corrected chi connectivity index (χ3v) is 1.91. The van der Waals surface area contributed by atoms with Crippen LogP contribution in [0, 0.1) is 6.92 Å². The first-order valence-electron chi connectivity index (χ1n) is 3.90. The van der Waals surface area contributed by atoms with E-state index in [0.717, 1.165) is 5.56 Å². The van der Waals surface area contributed by atoms with Crippen LogP contribution in [0.25, 0.3) is 5.65 Å². The molecule has 0 saturated heterocycles. The Morgan fingerprint density at radius 2 is 2.15 bits per heavy atom. The summed E-state index contributed by atoms with van der Waals surface area (Å²) >= 11 is 0. The van der Waals surface area contributed by atoms with Gasteiger partial charge in [0.2, 0.25) is 0 Å². The van der Waals surface area contributed by atoms with E-state index in [9.17, 15) is 8.78 Å². The number of nitrogens with zero attached hydrogens (tertiary/aromatic N) is 2. The van der Waals surface area contributed by atoms with Crippen molar-refractivity contribution in [3.63, 3.8) is 0 Å². The van der Waals surface area contributed by atoms with Gasteiger partial charge in [-0.3, -0.25) is 4.40 Å². The van der Waals surface area contributed by atoms with E-state index in [0.29, 0.717) is 5.65 Å². The number of halogens is 2. The topological polar surface area (TPSA) is 17.3 Å². The van der Waals surface area contributed by atoms with Gasteiger partial charge in [0.05, 0.1) is 6.20 Å². The molecular weight excluding hydrogens is 174 g/mol. The number of hydrogen-bond donors (Lipinski definition) is 0. The Balaban J connectivity index is 2.71. The molecule has 2 nitrogen and oxygen atoms in total. The van der Waals surface area contributed by atoms with Crippen LogP contribution in [0.15, 0.2) is 24.5 Å². The van der Waals surface area contributed by atoms with E-state index in [1.165, 1.54) is 10.6 Å². The van der Waals surface area contributed by atoms with Gasteiger partial charge in [0, 0.05) is 6.20 Å². The molecular formula is C9H8F2N2. The van der Waals surface area contributed by atoms with E-state index in [1.807, 2.05) is 13.0 Å². The molecule has 2 rings (SSSR count). The minimum atomic E-state index is -2.48. The molecule has 0 radical (unpaired) electrons. The number of aromatic nitrogens is 2. The average Bonchev–Trinajstić information content (AvgIpc) is 2.46. The van der Waals surface area contributed by atoms with E-state index in [-0.39, 0.29) is 5.69 Å². The van der Waals surface area contributed by atoms with Gasteiger partial charge in [0.15, 0.2) is 0 Å². The van der Waals surface area contributed by atoms with Crippen LogP contribution < -0.4 is 0 Å². The molecule has 2 heterocycles. The fourth-order valence-corrected chi connectivity index (χ4v) is 1.27. The number of rotatable bonds is 1. The lowest BCUT2D eigenvalue weighted by Gasteiger charge is -2.00. The molecule has 0 unspecified atom stereocenters. The summed E-state index contributed by atoms with van der Waals surface area (Å²) in [6.07, 6.45) is 0.389. The molecule has 0 bridgehead atoms. The van der Waals surface area contributed by atoms with Crippen molar-refractivity contribution in [2.45, 2.75) is 13.3 Å². The molecule has 0 aliphatic rings. The standard InChI is InChI=1S/C9H8F2N2/c1-6-2-3-8-12-4-7(9(10)11)13(8)5-6/h2-5,9H,1H3. The monoisotopic (exact) mass is 182 g/mol. The Kier molecular flexibility index (Phi) is 1.76. The fraction of sp³-hybridized carbons (Fsp3) is 0.222. The van der Waals surface area contributed by atoms with Crippen LogP contribution in [0.4, 0.5) is 8.78 Å². The second-order valence-electron chi connectivity index (χ2n) is 2.92. The Bertz CT molecular complexity index is 434. The maximum atomic E-state index is 12.4. The number of fused-ring (bicyclic) bond motifs is 1. The summed E-state index contributed by atoms with van der Waals surface area (Å²) in [4.78, 5) is 3.86.